The van der Waals surface area contributed by atoms with E-state index < -0.39 is 46.8 Å². The monoisotopic (exact) mass is 279 g/mol. The standard InChI is InChI=1S/C12H13F4NO2/c1-2-5(3-8(17)12(18)19)9-6(13)4-7(14)10(15)11(9)16/h4-5,8H,2-3,17H2,1H3,(H,18,19). The van der Waals surface area contributed by atoms with E-state index in [9.17, 15) is 22.4 Å². The average molecular weight is 279 g/mol. The molecule has 2 atom stereocenters. The number of carboxylic acid groups (broad SMARTS) is 1. The number of halogens is 4. The Morgan fingerprint density at radius 3 is 2.32 bits per heavy atom. The van der Waals surface area contributed by atoms with Gasteiger partial charge in [-0.2, -0.15) is 0 Å². The van der Waals surface area contributed by atoms with Crippen LogP contribution in [0, 0.1) is 23.3 Å². The van der Waals surface area contributed by atoms with Crippen molar-refractivity contribution in [3.63, 3.8) is 0 Å². The van der Waals surface area contributed by atoms with E-state index in [0.717, 1.165) is 0 Å². The molecule has 0 saturated heterocycles. The molecule has 106 valence electrons. The predicted octanol–water partition coefficient (Wildman–Crippen LogP) is 2.54. The molecule has 2 unspecified atom stereocenters. The van der Waals surface area contributed by atoms with Crippen LogP contribution in [0.15, 0.2) is 6.07 Å². The van der Waals surface area contributed by atoms with Gasteiger partial charge in [0.2, 0.25) is 0 Å². The fourth-order valence-electron chi connectivity index (χ4n) is 1.85. The summed E-state index contributed by atoms with van der Waals surface area (Å²) in [7, 11) is 0. The van der Waals surface area contributed by atoms with Crippen molar-refractivity contribution in [3.8, 4) is 0 Å². The first kappa shape index (κ1) is 15.4. The normalized spacial score (nSPS) is 14.2. The molecule has 0 aliphatic heterocycles. The van der Waals surface area contributed by atoms with E-state index in [1.807, 2.05) is 0 Å². The first-order chi connectivity index (χ1) is 8.79. The Labute approximate surface area is 107 Å². The zero-order chi connectivity index (χ0) is 14.7. The van der Waals surface area contributed by atoms with Crippen molar-refractivity contribution in [2.45, 2.75) is 31.7 Å². The van der Waals surface area contributed by atoms with Crippen molar-refractivity contribution in [3.05, 3.63) is 34.9 Å². The van der Waals surface area contributed by atoms with Crippen molar-refractivity contribution in [2.75, 3.05) is 0 Å². The molecule has 0 amide bonds. The van der Waals surface area contributed by atoms with Crippen molar-refractivity contribution >= 4 is 5.97 Å². The zero-order valence-electron chi connectivity index (χ0n) is 10.1. The largest absolute Gasteiger partial charge is 0.480 e. The third-order valence-corrected chi connectivity index (χ3v) is 2.91. The number of carboxylic acids is 1. The highest BCUT2D eigenvalue weighted by Gasteiger charge is 2.27. The van der Waals surface area contributed by atoms with Gasteiger partial charge in [-0.05, 0) is 18.8 Å². The quantitative estimate of drug-likeness (QED) is 0.494. The lowest BCUT2D eigenvalue weighted by Gasteiger charge is -2.19. The van der Waals surface area contributed by atoms with E-state index in [1.54, 1.807) is 6.92 Å². The molecule has 0 spiro atoms. The number of benzene rings is 1. The third-order valence-electron chi connectivity index (χ3n) is 2.91. The highest BCUT2D eigenvalue weighted by atomic mass is 19.2. The van der Waals surface area contributed by atoms with Gasteiger partial charge in [-0.3, -0.25) is 4.79 Å². The van der Waals surface area contributed by atoms with Gasteiger partial charge in [0, 0.05) is 11.6 Å². The second kappa shape index (κ2) is 6.01. The summed E-state index contributed by atoms with van der Waals surface area (Å²) in [6.45, 7) is 1.54. The van der Waals surface area contributed by atoms with Gasteiger partial charge in [0.05, 0.1) is 0 Å². The van der Waals surface area contributed by atoms with Crippen LogP contribution in [0.2, 0.25) is 0 Å². The topological polar surface area (TPSA) is 63.3 Å². The SMILES string of the molecule is CCC(CC(N)C(=O)O)c1c(F)cc(F)c(F)c1F. The van der Waals surface area contributed by atoms with Gasteiger partial charge in [-0.1, -0.05) is 6.92 Å². The maximum Gasteiger partial charge on any atom is 0.320 e. The maximum absolute atomic E-state index is 13.6. The lowest BCUT2D eigenvalue weighted by molar-refractivity contribution is -0.138. The molecular weight excluding hydrogens is 266 g/mol. The highest BCUT2D eigenvalue weighted by molar-refractivity contribution is 5.73. The van der Waals surface area contributed by atoms with Crippen LogP contribution in [0.5, 0.6) is 0 Å². The van der Waals surface area contributed by atoms with E-state index in [-0.39, 0.29) is 18.9 Å². The van der Waals surface area contributed by atoms with Gasteiger partial charge in [-0.25, -0.2) is 17.6 Å². The number of hydrogen-bond donors (Lipinski definition) is 2. The van der Waals surface area contributed by atoms with Gasteiger partial charge in [0.15, 0.2) is 17.5 Å². The van der Waals surface area contributed by atoms with Crippen LogP contribution in [0.4, 0.5) is 17.6 Å². The summed E-state index contributed by atoms with van der Waals surface area (Å²) in [4.78, 5) is 10.6. The second-order valence-electron chi connectivity index (χ2n) is 4.17. The Hall–Kier alpha value is -1.63. The summed E-state index contributed by atoms with van der Waals surface area (Å²) in [5.74, 6) is -8.57. The lowest BCUT2D eigenvalue weighted by atomic mass is 9.89. The Kier molecular flexibility index (Phi) is 4.88. The van der Waals surface area contributed by atoms with Gasteiger partial charge >= 0.3 is 5.97 Å². The number of aliphatic carboxylic acids is 1. The molecule has 0 saturated carbocycles. The first-order valence-electron chi connectivity index (χ1n) is 5.60. The minimum atomic E-state index is -1.78. The molecule has 1 aromatic carbocycles. The zero-order valence-corrected chi connectivity index (χ0v) is 10.1. The van der Waals surface area contributed by atoms with Gasteiger partial charge in [0.1, 0.15) is 11.9 Å². The molecule has 0 radical (unpaired) electrons. The smallest absolute Gasteiger partial charge is 0.320 e. The first-order valence-corrected chi connectivity index (χ1v) is 5.60. The van der Waals surface area contributed by atoms with E-state index in [2.05, 4.69) is 0 Å². The molecule has 0 fully saturated rings. The van der Waals surface area contributed by atoms with Crippen LogP contribution in [0.3, 0.4) is 0 Å². The molecule has 3 N–H and O–H groups in total. The van der Waals surface area contributed by atoms with Crippen LogP contribution in [0.1, 0.15) is 31.2 Å². The number of nitrogens with two attached hydrogens (primary N) is 1. The fraction of sp³-hybridized carbons (Fsp3) is 0.417. The van der Waals surface area contributed by atoms with Crippen LogP contribution < -0.4 is 5.73 Å². The highest BCUT2D eigenvalue weighted by Crippen LogP contribution is 2.31. The van der Waals surface area contributed by atoms with Crippen molar-refractivity contribution in [1.29, 1.82) is 0 Å². The summed E-state index contributed by atoms with van der Waals surface area (Å²) in [5, 5.41) is 8.66. The fourth-order valence-corrected chi connectivity index (χ4v) is 1.85. The number of hydrogen-bond acceptors (Lipinski definition) is 2. The summed E-state index contributed by atoms with van der Waals surface area (Å²) >= 11 is 0. The van der Waals surface area contributed by atoms with E-state index in [1.165, 1.54) is 0 Å². The molecule has 0 bridgehead atoms. The Balaban J connectivity index is 3.19. The maximum atomic E-state index is 13.6. The Morgan fingerprint density at radius 1 is 1.26 bits per heavy atom. The van der Waals surface area contributed by atoms with E-state index >= 15 is 0 Å². The van der Waals surface area contributed by atoms with Crippen LogP contribution in [-0.4, -0.2) is 17.1 Å². The lowest BCUT2D eigenvalue weighted by Crippen LogP contribution is -2.32. The summed E-state index contributed by atoms with van der Waals surface area (Å²) in [6, 6.07) is -1.10. The van der Waals surface area contributed by atoms with Crippen LogP contribution in [0.25, 0.3) is 0 Å². The molecule has 0 aromatic heterocycles. The molecule has 3 nitrogen and oxygen atoms in total. The second-order valence-corrected chi connectivity index (χ2v) is 4.17. The van der Waals surface area contributed by atoms with Gasteiger partial charge in [-0.15, -0.1) is 0 Å². The Bertz CT molecular complexity index is 493. The predicted molar refractivity (Wildman–Crippen MR) is 59.5 cm³/mol. The number of carbonyl (C=O) groups is 1. The van der Waals surface area contributed by atoms with Crippen molar-refractivity contribution in [2.24, 2.45) is 5.73 Å². The van der Waals surface area contributed by atoms with E-state index in [4.69, 9.17) is 10.8 Å². The Morgan fingerprint density at radius 2 is 1.84 bits per heavy atom. The summed E-state index contributed by atoms with van der Waals surface area (Å²) < 4.78 is 53.0. The summed E-state index contributed by atoms with van der Waals surface area (Å²) in [5.41, 5.74) is 4.62. The van der Waals surface area contributed by atoms with Crippen LogP contribution >= 0.6 is 0 Å². The minimum absolute atomic E-state index is 0.139. The molecule has 0 aliphatic carbocycles. The number of rotatable bonds is 5. The molecule has 0 heterocycles. The summed E-state index contributed by atoms with van der Waals surface area (Å²) in [6.07, 6.45) is -0.134. The van der Waals surface area contributed by atoms with E-state index in [0.29, 0.717) is 0 Å². The minimum Gasteiger partial charge on any atom is -0.480 e. The average Bonchev–Trinajstić information content (AvgIpc) is 2.34. The van der Waals surface area contributed by atoms with Crippen molar-refractivity contribution in [1.82, 2.24) is 0 Å². The molecule has 1 rings (SSSR count). The molecule has 1 aromatic rings. The van der Waals surface area contributed by atoms with Gasteiger partial charge < -0.3 is 10.8 Å². The van der Waals surface area contributed by atoms with Crippen LogP contribution in [-0.2, 0) is 4.79 Å². The molecular formula is C12H13F4NO2. The molecule has 19 heavy (non-hydrogen) atoms. The van der Waals surface area contributed by atoms with Crippen molar-refractivity contribution < 1.29 is 27.5 Å². The molecule has 7 heteroatoms. The third kappa shape index (κ3) is 3.23. The van der Waals surface area contributed by atoms with Gasteiger partial charge in [0.25, 0.3) is 0 Å². The molecule has 0 aliphatic rings.